The van der Waals surface area contributed by atoms with E-state index >= 15 is 0 Å². The average molecular weight is 343 g/mol. The molecule has 0 aliphatic heterocycles. The fraction of sp³-hybridized carbons (Fsp3) is 0.0500. The third-order valence-electron chi connectivity index (χ3n) is 4.27. The first kappa shape index (κ1) is 16.0. The number of hydrogen-bond acceptors (Lipinski definition) is 5. The van der Waals surface area contributed by atoms with Crippen molar-refractivity contribution in [2.24, 2.45) is 5.73 Å². The molecule has 0 unspecified atom stereocenters. The van der Waals surface area contributed by atoms with Gasteiger partial charge in [0.15, 0.2) is 0 Å². The molecule has 0 saturated heterocycles. The van der Waals surface area contributed by atoms with Gasteiger partial charge >= 0.3 is 0 Å². The molecular formula is C20H17N5O. The van der Waals surface area contributed by atoms with Gasteiger partial charge in [-0.25, -0.2) is 9.55 Å². The van der Waals surface area contributed by atoms with Crippen LogP contribution in [-0.2, 0) is 6.54 Å². The van der Waals surface area contributed by atoms with Crippen LogP contribution in [0.25, 0.3) is 27.7 Å². The largest absolute Gasteiger partial charge is 0.369 e. The van der Waals surface area contributed by atoms with Gasteiger partial charge in [-0.15, -0.1) is 0 Å². The van der Waals surface area contributed by atoms with Crippen LogP contribution in [0.15, 0.2) is 71.8 Å². The van der Waals surface area contributed by atoms with Gasteiger partial charge in [0.1, 0.15) is 0 Å². The van der Waals surface area contributed by atoms with Crippen molar-refractivity contribution in [2.75, 3.05) is 5.73 Å². The van der Waals surface area contributed by atoms with E-state index in [1.807, 2.05) is 48.5 Å². The molecule has 0 atom stereocenters. The number of anilines is 1. The Kier molecular flexibility index (Phi) is 3.95. The lowest BCUT2D eigenvalue weighted by Crippen LogP contribution is -2.23. The molecule has 128 valence electrons. The number of nitrogens with zero attached hydrogens (tertiary/aromatic N) is 3. The number of para-hydroxylation sites is 1. The molecule has 2 aromatic carbocycles. The molecule has 0 radical (unpaired) electrons. The van der Waals surface area contributed by atoms with Gasteiger partial charge in [0.25, 0.3) is 5.56 Å². The molecule has 2 aromatic heterocycles. The highest BCUT2D eigenvalue weighted by Crippen LogP contribution is 2.23. The van der Waals surface area contributed by atoms with Gasteiger partial charge in [0, 0.05) is 24.5 Å². The second-order valence-electron chi connectivity index (χ2n) is 5.96. The van der Waals surface area contributed by atoms with Crippen molar-refractivity contribution in [2.45, 2.75) is 6.54 Å². The van der Waals surface area contributed by atoms with Crippen molar-refractivity contribution in [1.29, 1.82) is 0 Å². The molecule has 0 bridgehead atoms. The minimum absolute atomic E-state index is 0.160. The number of aromatic nitrogens is 3. The SMILES string of the molecule is NCc1cncc(-c2ccc3nc(N)n(-c4ccccc4)c(=O)c3c2)c1. The maximum absolute atomic E-state index is 13.1. The summed E-state index contributed by atoms with van der Waals surface area (Å²) in [4.78, 5) is 21.7. The minimum Gasteiger partial charge on any atom is -0.369 e. The van der Waals surface area contributed by atoms with Crippen molar-refractivity contribution in [3.63, 3.8) is 0 Å². The second-order valence-corrected chi connectivity index (χ2v) is 5.96. The van der Waals surface area contributed by atoms with E-state index in [1.165, 1.54) is 4.57 Å². The predicted octanol–water partition coefficient (Wildman–Crippen LogP) is 2.49. The fourth-order valence-corrected chi connectivity index (χ4v) is 2.97. The van der Waals surface area contributed by atoms with E-state index in [-0.39, 0.29) is 11.5 Å². The Morgan fingerprint density at radius 3 is 2.54 bits per heavy atom. The molecule has 6 nitrogen and oxygen atoms in total. The molecule has 6 heteroatoms. The van der Waals surface area contributed by atoms with Gasteiger partial charge < -0.3 is 11.5 Å². The summed E-state index contributed by atoms with van der Waals surface area (Å²) < 4.78 is 1.42. The van der Waals surface area contributed by atoms with Crippen LogP contribution < -0.4 is 17.0 Å². The van der Waals surface area contributed by atoms with Gasteiger partial charge in [-0.05, 0) is 41.5 Å². The molecule has 0 saturated carbocycles. The Hall–Kier alpha value is -3.51. The third kappa shape index (κ3) is 2.72. The van der Waals surface area contributed by atoms with E-state index in [0.29, 0.717) is 23.1 Å². The minimum atomic E-state index is -0.205. The van der Waals surface area contributed by atoms with Crippen LogP contribution in [0.4, 0.5) is 5.95 Å². The van der Waals surface area contributed by atoms with E-state index in [9.17, 15) is 4.79 Å². The van der Waals surface area contributed by atoms with Crippen LogP contribution in [0.2, 0.25) is 0 Å². The summed E-state index contributed by atoms with van der Waals surface area (Å²) in [5, 5.41) is 0.499. The quantitative estimate of drug-likeness (QED) is 0.595. The van der Waals surface area contributed by atoms with Gasteiger partial charge in [0.2, 0.25) is 5.95 Å². The van der Waals surface area contributed by atoms with E-state index in [1.54, 1.807) is 18.5 Å². The number of benzene rings is 2. The average Bonchev–Trinajstić information content (AvgIpc) is 2.69. The Balaban J connectivity index is 1.94. The van der Waals surface area contributed by atoms with Crippen molar-refractivity contribution < 1.29 is 0 Å². The summed E-state index contributed by atoms with van der Waals surface area (Å²) in [6.07, 6.45) is 3.48. The molecule has 0 amide bonds. The summed E-state index contributed by atoms with van der Waals surface area (Å²) >= 11 is 0. The predicted molar refractivity (Wildman–Crippen MR) is 103 cm³/mol. The molecule has 0 aliphatic carbocycles. The molecule has 4 N–H and O–H groups in total. The maximum Gasteiger partial charge on any atom is 0.267 e. The van der Waals surface area contributed by atoms with Crippen LogP contribution in [0.5, 0.6) is 0 Å². The van der Waals surface area contributed by atoms with E-state index in [0.717, 1.165) is 16.7 Å². The number of fused-ring (bicyclic) bond motifs is 1. The van der Waals surface area contributed by atoms with E-state index < -0.39 is 0 Å². The third-order valence-corrected chi connectivity index (χ3v) is 4.27. The number of nitrogen functional groups attached to an aromatic ring is 1. The zero-order valence-electron chi connectivity index (χ0n) is 14.0. The van der Waals surface area contributed by atoms with Crippen LogP contribution in [0.1, 0.15) is 5.56 Å². The van der Waals surface area contributed by atoms with Gasteiger partial charge in [0.05, 0.1) is 16.6 Å². The Bertz CT molecular complexity index is 1150. The molecule has 0 spiro atoms. The van der Waals surface area contributed by atoms with Gasteiger partial charge in [-0.1, -0.05) is 24.3 Å². The zero-order valence-corrected chi connectivity index (χ0v) is 14.0. The fourth-order valence-electron chi connectivity index (χ4n) is 2.97. The van der Waals surface area contributed by atoms with Crippen LogP contribution in [0, 0.1) is 0 Å². The summed E-state index contributed by atoms with van der Waals surface area (Å²) in [5.41, 5.74) is 15.5. The lowest BCUT2D eigenvalue weighted by molar-refractivity contribution is 0.982. The number of hydrogen-bond donors (Lipinski definition) is 2. The lowest BCUT2D eigenvalue weighted by atomic mass is 10.0. The highest BCUT2D eigenvalue weighted by molar-refractivity contribution is 5.84. The highest BCUT2D eigenvalue weighted by Gasteiger charge is 2.12. The zero-order chi connectivity index (χ0) is 18.1. The molecule has 0 aliphatic rings. The first-order valence-corrected chi connectivity index (χ1v) is 8.19. The molecule has 2 heterocycles. The first-order valence-electron chi connectivity index (χ1n) is 8.19. The molecule has 4 rings (SSSR count). The van der Waals surface area contributed by atoms with Crippen molar-refractivity contribution in [1.82, 2.24) is 14.5 Å². The van der Waals surface area contributed by atoms with Crippen LogP contribution >= 0.6 is 0 Å². The standard InChI is InChI=1S/C20H17N5O/c21-10-13-8-15(12-23-11-13)14-6-7-18-17(9-14)19(26)25(20(22)24-18)16-4-2-1-3-5-16/h1-9,11-12H,10,21H2,(H2,22,24). The van der Waals surface area contributed by atoms with Crippen molar-refractivity contribution in [3.8, 4) is 16.8 Å². The lowest BCUT2D eigenvalue weighted by Gasteiger charge is -2.11. The summed E-state index contributed by atoms with van der Waals surface area (Å²) in [6.45, 7) is 0.410. The normalized spacial score (nSPS) is 11.0. The Labute approximate surface area is 149 Å². The number of rotatable bonds is 3. The van der Waals surface area contributed by atoms with Crippen molar-refractivity contribution >= 4 is 16.9 Å². The summed E-state index contributed by atoms with van der Waals surface area (Å²) in [5.74, 6) is 0.160. The first-order chi connectivity index (χ1) is 12.7. The highest BCUT2D eigenvalue weighted by atomic mass is 16.1. The Morgan fingerprint density at radius 1 is 0.962 bits per heavy atom. The number of pyridine rings is 1. The monoisotopic (exact) mass is 343 g/mol. The van der Waals surface area contributed by atoms with Gasteiger partial charge in [-0.3, -0.25) is 9.78 Å². The molecule has 26 heavy (non-hydrogen) atoms. The maximum atomic E-state index is 13.1. The van der Waals surface area contributed by atoms with E-state index in [4.69, 9.17) is 11.5 Å². The van der Waals surface area contributed by atoms with E-state index in [2.05, 4.69) is 9.97 Å². The molecular weight excluding hydrogens is 326 g/mol. The van der Waals surface area contributed by atoms with Gasteiger partial charge in [-0.2, -0.15) is 0 Å². The molecule has 4 aromatic rings. The van der Waals surface area contributed by atoms with Crippen molar-refractivity contribution in [3.05, 3.63) is 82.9 Å². The topological polar surface area (TPSA) is 99.8 Å². The Morgan fingerprint density at radius 2 is 1.77 bits per heavy atom. The van der Waals surface area contributed by atoms with Crippen LogP contribution in [-0.4, -0.2) is 14.5 Å². The summed E-state index contributed by atoms with van der Waals surface area (Å²) in [7, 11) is 0. The molecule has 0 fully saturated rings. The summed E-state index contributed by atoms with van der Waals surface area (Å²) in [6, 6.07) is 16.7. The number of nitrogens with two attached hydrogens (primary N) is 2. The smallest absolute Gasteiger partial charge is 0.267 e. The van der Waals surface area contributed by atoms with Crippen LogP contribution in [0.3, 0.4) is 0 Å². The second kappa shape index (κ2) is 6.42.